The molecule has 0 fully saturated rings. The number of nitro groups is 1. The van der Waals surface area contributed by atoms with Crippen molar-refractivity contribution in [2.75, 3.05) is 0 Å². The van der Waals surface area contributed by atoms with E-state index in [1.807, 2.05) is 0 Å². The van der Waals surface area contributed by atoms with Crippen molar-refractivity contribution in [2.45, 2.75) is 6.92 Å². The molecule has 0 unspecified atom stereocenters. The van der Waals surface area contributed by atoms with Gasteiger partial charge in [-0.3, -0.25) is 10.1 Å². The average Bonchev–Trinajstić information content (AvgIpc) is 1.82. The molecule has 0 aliphatic heterocycles. The summed E-state index contributed by atoms with van der Waals surface area (Å²) in [5.41, 5.74) is -0.0110. The second kappa shape index (κ2) is 3.06. The van der Waals surface area contributed by atoms with Gasteiger partial charge in [0.05, 0.1) is 4.92 Å². The van der Waals surface area contributed by atoms with Crippen LogP contribution in [0.2, 0.25) is 5.02 Å². The van der Waals surface area contributed by atoms with Gasteiger partial charge in [-0.15, -0.1) is 0 Å². The molecule has 0 amide bonds. The zero-order valence-electron chi connectivity index (χ0n) is 6.17. The van der Waals surface area contributed by atoms with E-state index in [1.54, 1.807) is 0 Å². The predicted octanol–water partition coefficient (Wildman–Crippen LogP) is 2.70. The summed E-state index contributed by atoms with van der Waals surface area (Å²) < 4.78 is 12.6. The lowest BCUT2D eigenvalue weighted by Crippen LogP contribution is -1.93. The fourth-order valence-electron chi connectivity index (χ4n) is 0.926. The summed E-state index contributed by atoms with van der Waals surface area (Å²) in [5, 5.41) is 10.2. The molecule has 12 heavy (non-hydrogen) atoms. The molecule has 1 aromatic rings. The molecular formula is C7H5ClFNO2. The van der Waals surface area contributed by atoms with E-state index in [0.717, 1.165) is 12.1 Å². The summed E-state index contributed by atoms with van der Waals surface area (Å²) in [6.07, 6.45) is 0. The van der Waals surface area contributed by atoms with Crippen LogP contribution in [0.15, 0.2) is 12.1 Å². The maximum Gasteiger partial charge on any atom is 0.290 e. The highest BCUT2D eigenvalue weighted by Gasteiger charge is 2.16. The number of hydrogen-bond acceptors (Lipinski definition) is 2. The van der Waals surface area contributed by atoms with Crippen LogP contribution in [0.5, 0.6) is 0 Å². The molecule has 0 aliphatic carbocycles. The Morgan fingerprint density at radius 3 is 2.58 bits per heavy atom. The van der Waals surface area contributed by atoms with E-state index in [1.165, 1.54) is 6.92 Å². The van der Waals surface area contributed by atoms with Crippen LogP contribution in [0.25, 0.3) is 0 Å². The van der Waals surface area contributed by atoms with Gasteiger partial charge in [0.15, 0.2) is 0 Å². The Morgan fingerprint density at radius 1 is 1.58 bits per heavy atom. The lowest BCUT2D eigenvalue weighted by atomic mass is 10.2. The van der Waals surface area contributed by atoms with Crippen molar-refractivity contribution in [3.8, 4) is 0 Å². The molecular weight excluding hydrogens is 185 g/mol. The van der Waals surface area contributed by atoms with E-state index < -0.39 is 10.7 Å². The number of rotatable bonds is 1. The number of nitro benzene ring substituents is 1. The van der Waals surface area contributed by atoms with Gasteiger partial charge < -0.3 is 0 Å². The minimum Gasteiger partial charge on any atom is -0.258 e. The van der Waals surface area contributed by atoms with Crippen molar-refractivity contribution >= 4 is 17.3 Å². The second-order valence-electron chi connectivity index (χ2n) is 2.31. The largest absolute Gasteiger partial charge is 0.290 e. The first kappa shape index (κ1) is 8.93. The van der Waals surface area contributed by atoms with Crippen LogP contribution in [0.3, 0.4) is 0 Å². The Morgan fingerprint density at radius 2 is 2.17 bits per heavy atom. The molecule has 0 saturated carbocycles. The lowest BCUT2D eigenvalue weighted by Gasteiger charge is -1.98. The minimum atomic E-state index is -0.628. The van der Waals surface area contributed by atoms with Gasteiger partial charge >= 0.3 is 0 Å². The van der Waals surface area contributed by atoms with Crippen LogP contribution in [0.1, 0.15) is 5.56 Å². The quantitative estimate of drug-likeness (QED) is 0.504. The Labute approximate surface area is 72.9 Å². The van der Waals surface area contributed by atoms with Gasteiger partial charge in [-0.1, -0.05) is 11.6 Å². The zero-order chi connectivity index (χ0) is 9.30. The van der Waals surface area contributed by atoms with E-state index in [4.69, 9.17) is 11.6 Å². The van der Waals surface area contributed by atoms with Gasteiger partial charge in [-0.2, -0.15) is 0 Å². The Kier molecular flexibility index (Phi) is 2.28. The van der Waals surface area contributed by atoms with Crippen molar-refractivity contribution in [3.63, 3.8) is 0 Å². The van der Waals surface area contributed by atoms with Crippen molar-refractivity contribution in [1.82, 2.24) is 0 Å². The van der Waals surface area contributed by atoms with Crippen molar-refractivity contribution < 1.29 is 9.31 Å². The summed E-state index contributed by atoms with van der Waals surface area (Å²) in [5.74, 6) is -0.567. The Balaban J connectivity index is 3.38. The number of aryl methyl sites for hydroxylation is 1. The van der Waals surface area contributed by atoms with Gasteiger partial charge in [0.25, 0.3) is 5.69 Å². The van der Waals surface area contributed by atoms with Crippen LogP contribution in [-0.2, 0) is 0 Å². The first-order chi connectivity index (χ1) is 5.52. The Hall–Kier alpha value is -1.16. The highest BCUT2D eigenvalue weighted by molar-refractivity contribution is 6.32. The summed E-state index contributed by atoms with van der Waals surface area (Å²) in [7, 11) is 0. The SMILES string of the molecule is Cc1cc(F)cc(Cl)c1[N+](=O)[O-]. The average molecular weight is 190 g/mol. The number of nitrogens with zero attached hydrogens (tertiary/aromatic N) is 1. The van der Waals surface area contributed by atoms with Crippen LogP contribution in [0.4, 0.5) is 10.1 Å². The predicted molar refractivity (Wildman–Crippen MR) is 42.8 cm³/mol. The topological polar surface area (TPSA) is 43.1 Å². The molecule has 0 saturated heterocycles. The first-order valence-electron chi connectivity index (χ1n) is 3.12. The molecule has 64 valence electrons. The molecule has 3 nitrogen and oxygen atoms in total. The Bertz CT molecular complexity index is 317. The van der Waals surface area contributed by atoms with Gasteiger partial charge in [0, 0.05) is 5.56 Å². The van der Waals surface area contributed by atoms with Crippen molar-refractivity contribution in [1.29, 1.82) is 0 Å². The van der Waals surface area contributed by atoms with Crippen LogP contribution in [0, 0.1) is 22.9 Å². The van der Waals surface area contributed by atoms with Crippen LogP contribution < -0.4 is 0 Å². The number of halogens is 2. The standard InChI is InChI=1S/C7H5ClFNO2/c1-4-2-5(9)3-6(8)7(4)10(11)12/h2-3H,1H3. The molecule has 1 rings (SSSR count). The number of benzene rings is 1. The van der Waals surface area contributed by atoms with Gasteiger partial charge in [0.2, 0.25) is 0 Å². The van der Waals surface area contributed by atoms with Gasteiger partial charge in [-0.05, 0) is 19.1 Å². The second-order valence-corrected chi connectivity index (χ2v) is 2.72. The zero-order valence-corrected chi connectivity index (χ0v) is 6.93. The molecule has 5 heteroatoms. The third-order valence-electron chi connectivity index (χ3n) is 1.40. The summed E-state index contributed by atoms with van der Waals surface area (Å²) in [6.45, 7) is 1.44. The van der Waals surface area contributed by atoms with E-state index in [2.05, 4.69) is 0 Å². The molecule has 0 aliphatic rings. The molecule has 1 aromatic carbocycles. The monoisotopic (exact) mass is 189 g/mol. The van der Waals surface area contributed by atoms with Crippen LogP contribution in [-0.4, -0.2) is 4.92 Å². The first-order valence-corrected chi connectivity index (χ1v) is 3.50. The fraction of sp³-hybridized carbons (Fsp3) is 0.143. The molecule has 0 heterocycles. The highest BCUT2D eigenvalue weighted by atomic mass is 35.5. The van der Waals surface area contributed by atoms with Crippen molar-refractivity contribution in [3.05, 3.63) is 38.7 Å². The van der Waals surface area contributed by atoms with Gasteiger partial charge in [0.1, 0.15) is 10.8 Å². The van der Waals surface area contributed by atoms with E-state index >= 15 is 0 Å². The lowest BCUT2D eigenvalue weighted by molar-refractivity contribution is -0.385. The summed E-state index contributed by atoms with van der Waals surface area (Å²) >= 11 is 5.45. The molecule has 0 radical (unpaired) electrons. The smallest absolute Gasteiger partial charge is 0.258 e. The molecule has 0 bridgehead atoms. The highest BCUT2D eigenvalue weighted by Crippen LogP contribution is 2.28. The molecule has 0 aromatic heterocycles. The maximum absolute atomic E-state index is 12.6. The molecule has 0 spiro atoms. The minimum absolute atomic E-state index is 0.169. The van der Waals surface area contributed by atoms with E-state index in [0.29, 0.717) is 0 Å². The molecule has 0 atom stereocenters. The normalized spacial score (nSPS) is 9.92. The fourth-order valence-corrected chi connectivity index (χ4v) is 1.25. The molecule has 0 N–H and O–H groups in total. The number of hydrogen-bond donors (Lipinski definition) is 0. The van der Waals surface area contributed by atoms with Gasteiger partial charge in [-0.25, -0.2) is 4.39 Å². The third kappa shape index (κ3) is 1.53. The van der Waals surface area contributed by atoms with E-state index in [-0.39, 0.29) is 16.3 Å². The summed E-state index contributed by atoms with van der Waals surface area (Å²) in [4.78, 5) is 9.72. The third-order valence-corrected chi connectivity index (χ3v) is 1.69. The van der Waals surface area contributed by atoms with E-state index in [9.17, 15) is 14.5 Å². The summed E-state index contributed by atoms with van der Waals surface area (Å²) in [6, 6.07) is 2.00. The van der Waals surface area contributed by atoms with Crippen molar-refractivity contribution in [2.24, 2.45) is 0 Å². The maximum atomic E-state index is 12.6. The van der Waals surface area contributed by atoms with Crippen LogP contribution >= 0.6 is 11.6 Å².